The summed E-state index contributed by atoms with van der Waals surface area (Å²) in [6.45, 7) is 3.34. The van der Waals surface area contributed by atoms with E-state index in [0.717, 1.165) is 6.07 Å². The predicted octanol–water partition coefficient (Wildman–Crippen LogP) is 2.19. The maximum atomic E-state index is 13.3. The van der Waals surface area contributed by atoms with Gasteiger partial charge in [0, 0.05) is 5.92 Å². The van der Waals surface area contributed by atoms with Crippen LogP contribution in [0.2, 0.25) is 0 Å². The van der Waals surface area contributed by atoms with Gasteiger partial charge in [0.15, 0.2) is 6.10 Å². The summed E-state index contributed by atoms with van der Waals surface area (Å²) in [5, 5.41) is 17.7. The molecular weight excluding hydrogens is 225 g/mol. The lowest BCUT2D eigenvalue weighted by Gasteiger charge is -2.18. The summed E-state index contributed by atoms with van der Waals surface area (Å²) in [5.74, 6) is -2.21. The molecule has 0 bridgehead atoms. The van der Waals surface area contributed by atoms with Crippen molar-refractivity contribution in [1.29, 1.82) is 5.26 Å². The number of rotatable bonds is 4. The van der Waals surface area contributed by atoms with Gasteiger partial charge in [0.2, 0.25) is 0 Å². The molecule has 0 saturated carbocycles. The Morgan fingerprint density at radius 1 is 1.53 bits per heavy atom. The molecule has 1 atom stereocenters. The zero-order valence-electron chi connectivity index (χ0n) is 9.48. The molecule has 1 rings (SSSR count). The standard InChI is InChI=1S/C12H12FNO3/c1-7(2)11(12(15)16)17-10-5-3-4-9(13)8(10)6-14/h3-5,7,11H,1-2H3,(H,15,16). The Bertz CT molecular complexity index is 465. The first kappa shape index (κ1) is 13.0. The van der Waals surface area contributed by atoms with Crippen molar-refractivity contribution in [2.75, 3.05) is 0 Å². The van der Waals surface area contributed by atoms with Gasteiger partial charge >= 0.3 is 5.97 Å². The van der Waals surface area contributed by atoms with Crippen LogP contribution in [-0.2, 0) is 4.79 Å². The van der Waals surface area contributed by atoms with E-state index in [1.54, 1.807) is 19.9 Å². The fourth-order valence-corrected chi connectivity index (χ4v) is 1.32. The number of nitriles is 1. The minimum absolute atomic E-state index is 0.0476. The van der Waals surface area contributed by atoms with Crippen molar-refractivity contribution in [2.45, 2.75) is 20.0 Å². The fraction of sp³-hybridized carbons (Fsp3) is 0.333. The number of ether oxygens (including phenoxy) is 1. The Labute approximate surface area is 98.2 Å². The quantitative estimate of drug-likeness (QED) is 0.871. The SMILES string of the molecule is CC(C)C(Oc1cccc(F)c1C#N)C(=O)O. The highest BCUT2D eigenvalue weighted by Gasteiger charge is 2.25. The van der Waals surface area contributed by atoms with Crippen LogP contribution in [-0.4, -0.2) is 17.2 Å². The highest BCUT2D eigenvalue weighted by Crippen LogP contribution is 2.23. The second kappa shape index (κ2) is 5.30. The number of carboxylic acids is 1. The largest absolute Gasteiger partial charge is 0.478 e. The minimum atomic E-state index is -1.15. The summed E-state index contributed by atoms with van der Waals surface area (Å²) in [5.41, 5.74) is -0.278. The molecule has 0 heterocycles. The Kier molecular flexibility index (Phi) is 4.05. The van der Waals surface area contributed by atoms with Crippen molar-refractivity contribution in [1.82, 2.24) is 0 Å². The number of nitrogens with zero attached hydrogens (tertiary/aromatic N) is 1. The average molecular weight is 237 g/mol. The summed E-state index contributed by atoms with van der Waals surface area (Å²) in [6.07, 6.45) is -1.11. The molecule has 0 aliphatic carbocycles. The summed E-state index contributed by atoms with van der Waals surface area (Å²) >= 11 is 0. The van der Waals surface area contributed by atoms with Crippen LogP contribution in [0.4, 0.5) is 4.39 Å². The number of hydrogen-bond donors (Lipinski definition) is 1. The number of benzene rings is 1. The number of carbonyl (C=O) groups is 1. The van der Waals surface area contributed by atoms with E-state index in [2.05, 4.69) is 0 Å². The zero-order valence-corrected chi connectivity index (χ0v) is 9.48. The van der Waals surface area contributed by atoms with Crippen LogP contribution in [0, 0.1) is 23.1 Å². The molecule has 0 aliphatic heterocycles. The van der Waals surface area contributed by atoms with Crippen LogP contribution >= 0.6 is 0 Å². The Balaban J connectivity index is 3.06. The zero-order chi connectivity index (χ0) is 13.0. The van der Waals surface area contributed by atoms with Crippen LogP contribution < -0.4 is 4.74 Å². The third kappa shape index (κ3) is 2.94. The number of hydrogen-bond acceptors (Lipinski definition) is 3. The maximum absolute atomic E-state index is 13.3. The molecule has 0 amide bonds. The molecule has 0 saturated heterocycles. The van der Waals surface area contributed by atoms with Crippen molar-refractivity contribution in [3.05, 3.63) is 29.6 Å². The van der Waals surface area contributed by atoms with Gasteiger partial charge in [-0.05, 0) is 12.1 Å². The molecule has 4 nitrogen and oxygen atoms in total. The normalized spacial score (nSPS) is 11.9. The molecule has 5 heteroatoms. The van der Waals surface area contributed by atoms with E-state index in [1.165, 1.54) is 12.1 Å². The van der Waals surface area contributed by atoms with E-state index in [9.17, 15) is 9.18 Å². The molecule has 0 aliphatic rings. The first-order valence-corrected chi connectivity index (χ1v) is 5.05. The van der Waals surface area contributed by atoms with Gasteiger partial charge in [0.25, 0.3) is 0 Å². The Morgan fingerprint density at radius 2 is 2.18 bits per heavy atom. The number of carboxylic acid groups (broad SMARTS) is 1. The van der Waals surface area contributed by atoms with E-state index in [0.29, 0.717) is 0 Å². The number of halogens is 1. The van der Waals surface area contributed by atoms with Crippen molar-refractivity contribution in [3.63, 3.8) is 0 Å². The number of aliphatic carboxylic acids is 1. The lowest BCUT2D eigenvalue weighted by atomic mass is 10.1. The minimum Gasteiger partial charge on any atom is -0.478 e. The van der Waals surface area contributed by atoms with Gasteiger partial charge in [-0.25, -0.2) is 9.18 Å². The highest BCUT2D eigenvalue weighted by molar-refractivity contribution is 5.73. The predicted molar refractivity (Wildman–Crippen MR) is 58.0 cm³/mol. The van der Waals surface area contributed by atoms with Crippen LogP contribution in [0.1, 0.15) is 19.4 Å². The van der Waals surface area contributed by atoms with Crippen LogP contribution in [0.5, 0.6) is 5.75 Å². The maximum Gasteiger partial charge on any atom is 0.345 e. The van der Waals surface area contributed by atoms with Gasteiger partial charge in [-0.1, -0.05) is 19.9 Å². The van der Waals surface area contributed by atoms with E-state index in [-0.39, 0.29) is 17.2 Å². The van der Waals surface area contributed by atoms with E-state index >= 15 is 0 Å². The van der Waals surface area contributed by atoms with E-state index in [4.69, 9.17) is 15.1 Å². The average Bonchev–Trinajstić information content (AvgIpc) is 2.25. The van der Waals surface area contributed by atoms with E-state index < -0.39 is 17.9 Å². The summed E-state index contributed by atoms with van der Waals surface area (Å²) in [6, 6.07) is 5.52. The van der Waals surface area contributed by atoms with Crippen molar-refractivity contribution < 1.29 is 19.0 Å². The van der Waals surface area contributed by atoms with Crippen LogP contribution in [0.15, 0.2) is 18.2 Å². The van der Waals surface area contributed by atoms with Crippen LogP contribution in [0.3, 0.4) is 0 Å². The summed E-state index contributed by atoms with van der Waals surface area (Å²) in [7, 11) is 0. The molecule has 17 heavy (non-hydrogen) atoms. The molecule has 1 aromatic carbocycles. The smallest absolute Gasteiger partial charge is 0.345 e. The monoisotopic (exact) mass is 237 g/mol. The van der Waals surface area contributed by atoms with Crippen LogP contribution in [0.25, 0.3) is 0 Å². The third-order valence-corrected chi connectivity index (χ3v) is 2.19. The van der Waals surface area contributed by atoms with Crippen molar-refractivity contribution in [3.8, 4) is 11.8 Å². The Morgan fingerprint density at radius 3 is 2.65 bits per heavy atom. The lowest BCUT2D eigenvalue weighted by molar-refractivity contribution is -0.147. The van der Waals surface area contributed by atoms with Gasteiger partial charge in [-0.3, -0.25) is 0 Å². The molecule has 0 radical (unpaired) electrons. The third-order valence-electron chi connectivity index (χ3n) is 2.19. The Hall–Kier alpha value is -2.09. The molecule has 1 aromatic rings. The van der Waals surface area contributed by atoms with Gasteiger partial charge in [-0.15, -0.1) is 0 Å². The molecule has 1 N–H and O–H groups in total. The molecule has 0 fully saturated rings. The first-order valence-electron chi connectivity index (χ1n) is 5.05. The summed E-state index contributed by atoms with van der Waals surface area (Å²) in [4.78, 5) is 10.9. The van der Waals surface area contributed by atoms with Crippen molar-refractivity contribution >= 4 is 5.97 Å². The second-order valence-electron chi connectivity index (χ2n) is 3.85. The molecular formula is C12H12FNO3. The van der Waals surface area contributed by atoms with Gasteiger partial charge in [-0.2, -0.15) is 5.26 Å². The molecule has 0 spiro atoms. The van der Waals surface area contributed by atoms with Gasteiger partial charge in [0.05, 0.1) is 0 Å². The first-order chi connectivity index (χ1) is 7.97. The lowest BCUT2D eigenvalue weighted by Crippen LogP contribution is -2.32. The van der Waals surface area contributed by atoms with Gasteiger partial charge in [0.1, 0.15) is 23.2 Å². The second-order valence-corrected chi connectivity index (χ2v) is 3.85. The molecule has 1 unspecified atom stereocenters. The topological polar surface area (TPSA) is 70.3 Å². The molecule has 0 aromatic heterocycles. The van der Waals surface area contributed by atoms with Gasteiger partial charge < -0.3 is 9.84 Å². The fourth-order valence-electron chi connectivity index (χ4n) is 1.32. The highest BCUT2D eigenvalue weighted by atomic mass is 19.1. The van der Waals surface area contributed by atoms with E-state index in [1.807, 2.05) is 0 Å². The van der Waals surface area contributed by atoms with Crippen molar-refractivity contribution in [2.24, 2.45) is 5.92 Å². The molecule has 90 valence electrons. The summed E-state index contributed by atoms with van der Waals surface area (Å²) < 4.78 is 18.4.